The molecule has 1 aliphatic rings. The molecule has 1 fully saturated rings. The van der Waals surface area contributed by atoms with Crippen molar-refractivity contribution >= 4 is 29.0 Å². The largest absolute Gasteiger partial charge is 0.466 e. The van der Waals surface area contributed by atoms with E-state index in [1.54, 1.807) is 0 Å². The minimum Gasteiger partial charge on any atom is -0.466 e. The zero-order valence-corrected chi connectivity index (χ0v) is 13.0. The Morgan fingerprint density at radius 2 is 2.25 bits per heavy atom. The highest BCUT2D eigenvalue weighted by atomic mass is 28.3. The lowest BCUT2D eigenvalue weighted by Crippen LogP contribution is -2.53. The lowest BCUT2D eigenvalue weighted by Gasteiger charge is -2.39. The normalized spacial score (nSPS) is 32.2. The molecule has 1 heterocycles. The number of hydrogen-bond donors (Lipinski definition) is 0. The van der Waals surface area contributed by atoms with Crippen LogP contribution >= 0.6 is 0 Å². The van der Waals surface area contributed by atoms with E-state index in [-0.39, 0.29) is 9.76 Å². The predicted molar refractivity (Wildman–Crippen MR) is 61.0 cm³/mol. The van der Waals surface area contributed by atoms with Crippen molar-refractivity contribution in [1.82, 2.24) is 0 Å². The highest BCUT2D eigenvalue weighted by Crippen LogP contribution is 2.26. The fourth-order valence-corrected chi connectivity index (χ4v) is 8.50. The van der Waals surface area contributed by atoms with Crippen LogP contribution in [0.5, 0.6) is 0 Å². The second-order valence-corrected chi connectivity index (χ2v) is 11.9. The van der Waals surface area contributed by atoms with Gasteiger partial charge >= 0.3 is 0 Å². The van der Waals surface area contributed by atoms with Crippen LogP contribution in [0.25, 0.3) is 0 Å². The highest BCUT2D eigenvalue weighted by Gasteiger charge is 2.37. The highest BCUT2D eigenvalue weighted by molar-refractivity contribution is 6.71. The van der Waals surface area contributed by atoms with Crippen LogP contribution in [0.1, 0.15) is 19.3 Å². The molecule has 0 aliphatic carbocycles. The van der Waals surface area contributed by atoms with Crippen molar-refractivity contribution in [3.63, 3.8) is 0 Å². The first-order chi connectivity index (χ1) is 5.71. The van der Waals surface area contributed by atoms with Crippen molar-refractivity contribution in [2.75, 3.05) is 6.61 Å². The van der Waals surface area contributed by atoms with Gasteiger partial charge in [-0.1, -0.05) is 13.1 Å². The smallest absolute Gasteiger partial charge is 0.174 e. The van der Waals surface area contributed by atoms with Gasteiger partial charge in [-0.25, -0.2) is 0 Å². The average molecular weight is 220 g/mol. The molecule has 0 aromatic carbocycles. The maximum absolute atomic E-state index is 5.99. The SMILES string of the molecule is C[SiH](C)C1([SiH2]O[SiH3])CCCCO1. The van der Waals surface area contributed by atoms with E-state index in [0.717, 1.165) is 17.1 Å². The molecule has 0 N–H and O–H groups in total. The van der Waals surface area contributed by atoms with Crippen LogP contribution in [0, 0.1) is 0 Å². The van der Waals surface area contributed by atoms with E-state index < -0.39 is 8.80 Å². The zero-order chi connectivity index (χ0) is 9.03. The van der Waals surface area contributed by atoms with Crippen LogP contribution in [0.15, 0.2) is 0 Å². The number of ether oxygens (including phenoxy) is 1. The van der Waals surface area contributed by atoms with Gasteiger partial charge in [-0.2, -0.15) is 0 Å². The van der Waals surface area contributed by atoms with Crippen LogP contribution in [-0.4, -0.2) is 40.5 Å². The monoisotopic (exact) mass is 220 g/mol. The van der Waals surface area contributed by atoms with Gasteiger partial charge < -0.3 is 8.85 Å². The third-order valence-corrected chi connectivity index (χ3v) is 10.5. The predicted octanol–water partition coefficient (Wildman–Crippen LogP) is -0.710. The van der Waals surface area contributed by atoms with Gasteiger partial charge in [-0.05, 0) is 19.3 Å². The molecule has 0 spiro atoms. The lowest BCUT2D eigenvalue weighted by molar-refractivity contribution is 0.0258. The molecule has 0 aromatic rings. The topological polar surface area (TPSA) is 18.5 Å². The minimum absolute atomic E-state index is 0.319. The van der Waals surface area contributed by atoms with Gasteiger partial charge in [0.25, 0.3) is 0 Å². The molecular weight excluding hydrogens is 200 g/mol. The molecule has 0 bridgehead atoms. The fraction of sp³-hybridized carbons (Fsp3) is 1.00. The first kappa shape index (κ1) is 10.7. The van der Waals surface area contributed by atoms with Crippen molar-refractivity contribution in [2.24, 2.45) is 0 Å². The van der Waals surface area contributed by atoms with Crippen molar-refractivity contribution in [1.29, 1.82) is 0 Å². The van der Waals surface area contributed by atoms with Crippen LogP contribution < -0.4 is 0 Å². The Balaban J connectivity index is 2.56. The van der Waals surface area contributed by atoms with E-state index in [2.05, 4.69) is 13.1 Å². The third-order valence-electron chi connectivity index (χ3n) is 2.82. The Morgan fingerprint density at radius 3 is 2.67 bits per heavy atom. The minimum atomic E-state index is -0.669. The first-order valence-corrected chi connectivity index (χ1v) is 9.83. The maximum atomic E-state index is 5.99. The molecule has 0 amide bonds. The van der Waals surface area contributed by atoms with Gasteiger partial charge in [0.15, 0.2) is 9.76 Å². The molecule has 1 unspecified atom stereocenters. The van der Waals surface area contributed by atoms with Gasteiger partial charge in [0.1, 0.15) is 10.5 Å². The van der Waals surface area contributed by atoms with Gasteiger partial charge in [0.2, 0.25) is 0 Å². The molecule has 1 rings (SSSR count). The fourth-order valence-electron chi connectivity index (χ4n) is 1.85. The summed E-state index contributed by atoms with van der Waals surface area (Å²) in [5.41, 5.74) is 0. The molecule has 0 radical (unpaired) electrons. The van der Waals surface area contributed by atoms with E-state index in [1.807, 2.05) is 0 Å². The Labute approximate surface area is 82.1 Å². The molecule has 1 saturated heterocycles. The van der Waals surface area contributed by atoms with Crippen LogP contribution in [0.3, 0.4) is 0 Å². The standard InChI is InChI=1S/C7H20O2Si3/c1-12(2)7(11-9-10)5-3-4-6-8-7/h12H,3-6,11H2,1-2,10H3. The van der Waals surface area contributed by atoms with Crippen molar-refractivity contribution < 1.29 is 8.85 Å². The van der Waals surface area contributed by atoms with Gasteiger partial charge in [0, 0.05) is 6.61 Å². The Morgan fingerprint density at radius 1 is 1.50 bits per heavy atom. The van der Waals surface area contributed by atoms with Crippen molar-refractivity contribution in [3.8, 4) is 0 Å². The van der Waals surface area contributed by atoms with E-state index in [9.17, 15) is 0 Å². The summed E-state index contributed by atoms with van der Waals surface area (Å²) in [7, 11) is -0.140. The molecule has 72 valence electrons. The summed E-state index contributed by atoms with van der Waals surface area (Å²) in [4.78, 5) is 0.319. The van der Waals surface area contributed by atoms with Gasteiger partial charge in [-0.15, -0.1) is 0 Å². The van der Waals surface area contributed by atoms with E-state index in [4.69, 9.17) is 8.85 Å². The Bertz CT molecular complexity index is 129. The second kappa shape index (κ2) is 4.71. The summed E-state index contributed by atoms with van der Waals surface area (Å²) in [5, 5.41) is 0. The van der Waals surface area contributed by atoms with Crippen LogP contribution in [0.4, 0.5) is 0 Å². The molecule has 12 heavy (non-hydrogen) atoms. The molecule has 2 nitrogen and oxygen atoms in total. The van der Waals surface area contributed by atoms with E-state index >= 15 is 0 Å². The van der Waals surface area contributed by atoms with Crippen molar-refractivity contribution in [3.05, 3.63) is 0 Å². The molecule has 5 heteroatoms. The van der Waals surface area contributed by atoms with E-state index in [0.29, 0.717) is 4.85 Å². The molecule has 1 aliphatic heterocycles. The summed E-state index contributed by atoms with van der Waals surface area (Å²) < 4.78 is 11.5. The number of rotatable bonds is 3. The summed E-state index contributed by atoms with van der Waals surface area (Å²) in [6.07, 6.45) is 3.92. The summed E-state index contributed by atoms with van der Waals surface area (Å²) in [5.74, 6) is 0. The quantitative estimate of drug-likeness (QED) is 0.585. The Hall–Kier alpha value is 0.571. The second-order valence-electron chi connectivity index (χ2n) is 3.96. The molecule has 0 aromatic heterocycles. The molecule has 1 atom stereocenters. The molecular formula is C7H20O2Si3. The first-order valence-electron chi connectivity index (χ1n) is 4.84. The maximum Gasteiger partial charge on any atom is 0.174 e. The van der Waals surface area contributed by atoms with Gasteiger partial charge in [0.05, 0.1) is 13.6 Å². The van der Waals surface area contributed by atoms with Crippen LogP contribution in [0.2, 0.25) is 13.1 Å². The average Bonchev–Trinajstić information content (AvgIpc) is 2.06. The Kier molecular flexibility index (Phi) is 4.18. The lowest BCUT2D eigenvalue weighted by atomic mass is 10.2. The van der Waals surface area contributed by atoms with Crippen molar-refractivity contribution in [2.45, 2.75) is 37.2 Å². The summed E-state index contributed by atoms with van der Waals surface area (Å²) in [6.45, 7) is 5.79. The zero-order valence-electron chi connectivity index (χ0n) is 8.43. The van der Waals surface area contributed by atoms with E-state index in [1.165, 1.54) is 19.3 Å². The molecule has 0 saturated carbocycles. The summed E-state index contributed by atoms with van der Waals surface area (Å²) >= 11 is 0. The number of hydrogen-bond acceptors (Lipinski definition) is 2. The third kappa shape index (κ3) is 2.29. The van der Waals surface area contributed by atoms with Gasteiger partial charge in [-0.3, -0.25) is 0 Å². The van der Waals surface area contributed by atoms with Crippen LogP contribution in [-0.2, 0) is 8.85 Å². The summed E-state index contributed by atoms with van der Waals surface area (Å²) in [6, 6.07) is 0.